The van der Waals surface area contributed by atoms with Crippen LogP contribution in [0, 0.1) is 0 Å². The van der Waals surface area contributed by atoms with Crippen LogP contribution in [0.3, 0.4) is 0 Å². The summed E-state index contributed by atoms with van der Waals surface area (Å²) in [6.45, 7) is 0. The molecule has 0 fully saturated rings. The molecule has 2 N–H and O–H groups in total. The lowest BCUT2D eigenvalue weighted by Gasteiger charge is -2.07. The van der Waals surface area contributed by atoms with Gasteiger partial charge in [0.25, 0.3) is 0 Å². The Morgan fingerprint density at radius 2 is 1.92 bits per heavy atom. The number of carbonyl (C=O) groups is 1. The molecular weight excluding hydrogens is 302 g/mol. The van der Waals surface area contributed by atoms with Crippen LogP contribution in [0.4, 0.5) is 5.69 Å². The van der Waals surface area contributed by atoms with Gasteiger partial charge in [0.15, 0.2) is 5.65 Å². The first kappa shape index (κ1) is 14.3. The predicted molar refractivity (Wildman–Crippen MR) is 92.6 cm³/mol. The fraction of sp³-hybridized carbons (Fsp3) is 0.111. The lowest BCUT2D eigenvalue weighted by atomic mass is 10.1. The van der Waals surface area contributed by atoms with E-state index in [1.54, 1.807) is 12.4 Å². The Kier molecular flexibility index (Phi) is 3.63. The number of hydrogen-bond acceptors (Lipinski definition) is 4. The van der Waals surface area contributed by atoms with Crippen molar-refractivity contribution in [2.45, 2.75) is 12.8 Å². The van der Waals surface area contributed by atoms with E-state index in [0.29, 0.717) is 18.5 Å². The number of nitrogens with one attached hydrogen (secondary N) is 2. The second-order valence-corrected chi connectivity index (χ2v) is 5.48. The first-order valence-electron chi connectivity index (χ1n) is 7.73. The Morgan fingerprint density at radius 1 is 1.04 bits per heavy atom. The number of aromatic amines is 1. The molecule has 1 aromatic carbocycles. The van der Waals surface area contributed by atoms with Crippen molar-refractivity contribution in [2.75, 3.05) is 5.32 Å². The van der Waals surface area contributed by atoms with Gasteiger partial charge in [0, 0.05) is 30.6 Å². The van der Waals surface area contributed by atoms with Gasteiger partial charge in [0.1, 0.15) is 5.82 Å². The summed E-state index contributed by atoms with van der Waals surface area (Å²) in [6, 6.07) is 13.3. The summed E-state index contributed by atoms with van der Waals surface area (Å²) in [5, 5.41) is 3.88. The summed E-state index contributed by atoms with van der Waals surface area (Å²) >= 11 is 0. The number of fused-ring (bicyclic) bond motifs is 2. The van der Waals surface area contributed by atoms with Crippen LogP contribution in [0.2, 0.25) is 0 Å². The zero-order valence-electron chi connectivity index (χ0n) is 12.9. The van der Waals surface area contributed by atoms with Gasteiger partial charge in [-0.05, 0) is 36.4 Å². The summed E-state index contributed by atoms with van der Waals surface area (Å²) in [4.78, 5) is 28.3. The molecule has 0 radical (unpaired) electrons. The summed E-state index contributed by atoms with van der Waals surface area (Å²) in [5.41, 5.74) is 3.19. The zero-order valence-corrected chi connectivity index (χ0v) is 12.9. The van der Waals surface area contributed by atoms with Crippen LogP contribution in [0.5, 0.6) is 0 Å². The highest BCUT2D eigenvalue weighted by Gasteiger charge is 2.09. The predicted octanol–water partition coefficient (Wildman–Crippen LogP) is 3.08. The summed E-state index contributed by atoms with van der Waals surface area (Å²) in [5.74, 6) is 0.707. The van der Waals surface area contributed by atoms with Gasteiger partial charge < -0.3 is 10.3 Å². The van der Waals surface area contributed by atoms with E-state index in [9.17, 15) is 4.79 Å². The van der Waals surface area contributed by atoms with Crippen molar-refractivity contribution >= 4 is 33.7 Å². The Labute approximate surface area is 138 Å². The van der Waals surface area contributed by atoms with Crippen molar-refractivity contribution < 1.29 is 4.79 Å². The minimum atomic E-state index is -0.0558. The average molecular weight is 317 g/mol. The molecule has 4 aromatic rings. The number of anilines is 1. The maximum absolute atomic E-state index is 12.3. The molecule has 0 aliphatic rings. The fourth-order valence-electron chi connectivity index (χ4n) is 2.67. The van der Waals surface area contributed by atoms with Gasteiger partial charge in [-0.1, -0.05) is 6.07 Å². The topological polar surface area (TPSA) is 83.6 Å². The fourth-order valence-corrected chi connectivity index (χ4v) is 2.67. The number of rotatable bonds is 4. The van der Waals surface area contributed by atoms with Crippen LogP contribution >= 0.6 is 0 Å². The molecule has 0 aliphatic carbocycles. The van der Waals surface area contributed by atoms with Crippen LogP contribution in [0.1, 0.15) is 12.2 Å². The highest BCUT2D eigenvalue weighted by molar-refractivity contribution is 6.00. The van der Waals surface area contributed by atoms with Gasteiger partial charge in [0.05, 0.1) is 16.7 Å². The van der Waals surface area contributed by atoms with Crippen LogP contribution in [-0.4, -0.2) is 25.8 Å². The number of hydrogen-bond donors (Lipinski definition) is 2. The monoisotopic (exact) mass is 317 g/mol. The lowest BCUT2D eigenvalue weighted by Crippen LogP contribution is -2.13. The molecule has 118 valence electrons. The third-order valence-corrected chi connectivity index (χ3v) is 3.82. The molecule has 3 heterocycles. The van der Waals surface area contributed by atoms with Gasteiger partial charge in [-0.2, -0.15) is 0 Å². The largest absolute Gasteiger partial charge is 0.341 e. The number of H-pyrrole nitrogens is 1. The maximum Gasteiger partial charge on any atom is 0.224 e. The van der Waals surface area contributed by atoms with E-state index < -0.39 is 0 Å². The molecule has 1 amide bonds. The quantitative estimate of drug-likeness (QED) is 0.606. The van der Waals surface area contributed by atoms with E-state index >= 15 is 0 Å². The summed E-state index contributed by atoms with van der Waals surface area (Å²) in [6.07, 6.45) is 4.32. The zero-order chi connectivity index (χ0) is 16.4. The van der Waals surface area contributed by atoms with Crippen molar-refractivity contribution in [2.24, 2.45) is 0 Å². The molecular formula is C18H15N5O. The second kappa shape index (κ2) is 6.08. The first-order valence-corrected chi connectivity index (χ1v) is 7.73. The molecule has 0 atom stereocenters. The third-order valence-electron chi connectivity index (χ3n) is 3.82. The Bertz CT molecular complexity index is 986. The van der Waals surface area contributed by atoms with E-state index in [4.69, 9.17) is 0 Å². The van der Waals surface area contributed by atoms with Gasteiger partial charge in [-0.15, -0.1) is 0 Å². The molecule has 3 aromatic heterocycles. The number of amides is 1. The van der Waals surface area contributed by atoms with Crippen molar-refractivity contribution in [1.82, 2.24) is 19.9 Å². The minimum Gasteiger partial charge on any atom is -0.341 e. The molecule has 6 heteroatoms. The van der Waals surface area contributed by atoms with Crippen molar-refractivity contribution in [3.8, 4) is 0 Å². The van der Waals surface area contributed by atoms with Gasteiger partial charge >= 0.3 is 0 Å². The molecule has 0 bridgehead atoms. The van der Waals surface area contributed by atoms with Crippen LogP contribution in [0.25, 0.3) is 22.1 Å². The van der Waals surface area contributed by atoms with E-state index in [2.05, 4.69) is 25.3 Å². The van der Waals surface area contributed by atoms with Crippen molar-refractivity contribution in [1.29, 1.82) is 0 Å². The van der Waals surface area contributed by atoms with Gasteiger partial charge in [-0.3, -0.25) is 9.78 Å². The number of pyridine rings is 2. The molecule has 6 nitrogen and oxygen atoms in total. The Hall–Kier alpha value is -3.28. The molecule has 4 rings (SSSR count). The first-order chi connectivity index (χ1) is 11.8. The van der Waals surface area contributed by atoms with E-state index in [-0.39, 0.29) is 5.91 Å². The molecule has 0 aliphatic heterocycles. The number of aromatic nitrogens is 4. The SMILES string of the molecule is O=C(CCc1nc2ncccc2[nH]1)Nc1cccc2ncccc12. The third kappa shape index (κ3) is 2.81. The molecule has 0 spiro atoms. The smallest absolute Gasteiger partial charge is 0.224 e. The molecule has 0 unspecified atom stereocenters. The Morgan fingerprint density at radius 3 is 2.83 bits per heavy atom. The number of benzene rings is 1. The van der Waals surface area contributed by atoms with Gasteiger partial charge in [0.2, 0.25) is 5.91 Å². The standard InChI is InChI=1S/C18H15N5O/c24-17(9-8-16-21-15-7-3-11-20-18(15)23-16)22-14-6-1-5-13-12(14)4-2-10-19-13/h1-7,10-11H,8-9H2,(H,22,24)(H,20,21,23). The summed E-state index contributed by atoms with van der Waals surface area (Å²) in [7, 11) is 0. The van der Waals surface area contributed by atoms with Crippen LogP contribution < -0.4 is 5.32 Å². The average Bonchev–Trinajstić information content (AvgIpc) is 3.03. The second-order valence-electron chi connectivity index (χ2n) is 5.48. The van der Waals surface area contributed by atoms with E-state index in [1.807, 2.05) is 42.5 Å². The molecule has 24 heavy (non-hydrogen) atoms. The molecule has 0 saturated carbocycles. The normalized spacial score (nSPS) is 11.0. The maximum atomic E-state index is 12.3. The number of carbonyl (C=O) groups excluding carboxylic acids is 1. The van der Waals surface area contributed by atoms with Crippen LogP contribution in [0.15, 0.2) is 54.9 Å². The van der Waals surface area contributed by atoms with E-state index in [1.165, 1.54) is 0 Å². The Balaban J connectivity index is 1.46. The van der Waals surface area contributed by atoms with Gasteiger partial charge in [-0.25, -0.2) is 9.97 Å². The minimum absolute atomic E-state index is 0.0558. The lowest BCUT2D eigenvalue weighted by molar-refractivity contribution is -0.116. The highest BCUT2D eigenvalue weighted by atomic mass is 16.1. The van der Waals surface area contributed by atoms with Crippen molar-refractivity contribution in [3.05, 3.63) is 60.7 Å². The highest BCUT2D eigenvalue weighted by Crippen LogP contribution is 2.21. The van der Waals surface area contributed by atoms with Crippen molar-refractivity contribution in [3.63, 3.8) is 0 Å². The number of imidazole rings is 1. The number of nitrogens with zero attached hydrogens (tertiary/aromatic N) is 3. The van der Waals surface area contributed by atoms with Crippen LogP contribution in [-0.2, 0) is 11.2 Å². The van der Waals surface area contributed by atoms with E-state index in [0.717, 1.165) is 27.9 Å². The summed E-state index contributed by atoms with van der Waals surface area (Å²) < 4.78 is 0. The number of aryl methyl sites for hydroxylation is 1. The molecule has 0 saturated heterocycles.